The predicted octanol–water partition coefficient (Wildman–Crippen LogP) is 1.46. The van der Waals surface area contributed by atoms with Gasteiger partial charge in [-0.1, -0.05) is 0 Å². The number of carboxylic acids is 2. The van der Waals surface area contributed by atoms with Gasteiger partial charge in [-0.05, 0) is 56.8 Å². The molecular weight excluding hydrogens is 332 g/mol. The van der Waals surface area contributed by atoms with Crippen molar-refractivity contribution < 1.29 is 38.9 Å². The van der Waals surface area contributed by atoms with Gasteiger partial charge in [-0.2, -0.15) is 0 Å². The topological polar surface area (TPSA) is 127 Å². The lowest BCUT2D eigenvalue weighted by Crippen LogP contribution is -2.39. The molecule has 8 heteroatoms. The van der Waals surface area contributed by atoms with Crippen LogP contribution in [-0.2, 0) is 28.7 Å². The van der Waals surface area contributed by atoms with Crippen molar-refractivity contribution >= 4 is 24.9 Å². The van der Waals surface area contributed by atoms with Gasteiger partial charge in [-0.25, -0.2) is 0 Å². The van der Waals surface area contributed by atoms with Gasteiger partial charge < -0.3 is 19.7 Å². The zero-order valence-corrected chi connectivity index (χ0v) is 13.9. The summed E-state index contributed by atoms with van der Waals surface area (Å²) in [4.78, 5) is 43.8. The Morgan fingerprint density at radius 3 is 1.96 bits per heavy atom. The number of rotatable bonds is 8. The first-order chi connectivity index (χ1) is 12.0. The first-order valence-electron chi connectivity index (χ1n) is 8.60. The van der Waals surface area contributed by atoms with Crippen LogP contribution >= 0.6 is 0 Å². The molecular formula is C17H24O8. The number of carbonyl (C=O) groups is 4. The molecule has 0 heterocycles. The van der Waals surface area contributed by atoms with Gasteiger partial charge in [0.25, 0.3) is 12.9 Å². The minimum atomic E-state index is -1.05. The normalized spacial score (nSPS) is 35.4. The predicted molar refractivity (Wildman–Crippen MR) is 83.4 cm³/mol. The molecule has 2 N–H and O–H groups in total. The molecule has 140 valence electrons. The van der Waals surface area contributed by atoms with Crippen LogP contribution in [0.5, 0.6) is 0 Å². The summed E-state index contributed by atoms with van der Waals surface area (Å²) in [7, 11) is 0. The zero-order valence-electron chi connectivity index (χ0n) is 13.9. The zero-order chi connectivity index (χ0) is 18.4. The smallest absolute Gasteiger partial charge is 0.307 e. The summed E-state index contributed by atoms with van der Waals surface area (Å²) in [6, 6.07) is 0. The van der Waals surface area contributed by atoms with E-state index in [0.717, 1.165) is 12.8 Å². The third kappa shape index (κ3) is 4.93. The number of hydrogen-bond donors (Lipinski definition) is 2. The Hall–Kier alpha value is -2.12. The van der Waals surface area contributed by atoms with Gasteiger partial charge in [0, 0.05) is 0 Å². The summed E-state index contributed by atoms with van der Waals surface area (Å²) in [5.74, 6) is -3.40. The number of ether oxygens (including phenoxy) is 2. The molecule has 2 aliphatic rings. The average Bonchev–Trinajstić information content (AvgIpc) is 2.57. The fourth-order valence-corrected chi connectivity index (χ4v) is 4.35. The van der Waals surface area contributed by atoms with Gasteiger partial charge in [-0.15, -0.1) is 0 Å². The summed E-state index contributed by atoms with van der Waals surface area (Å²) in [6.07, 6.45) is 3.22. The minimum Gasteiger partial charge on any atom is -0.481 e. The van der Waals surface area contributed by atoms with Crippen molar-refractivity contribution in [2.75, 3.05) is 0 Å². The van der Waals surface area contributed by atoms with Gasteiger partial charge in [0.1, 0.15) is 12.2 Å². The van der Waals surface area contributed by atoms with Crippen molar-refractivity contribution in [1.29, 1.82) is 0 Å². The molecule has 0 aliphatic heterocycles. The quantitative estimate of drug-likeness (QED) is 0.626. The van der Waals surface area contributed by atoms with E-state index in [0.29, 0.717) is 45.0 Å². The number of carbonyl (C=O) groups excluding carboxylic acids is 2. The van der Waals surface area contributed by atoms with E-state index in [1.54, 1.807) is 0 Å². The van der Waals surface area contributed by atoms with E-state index < -0.39 is 36.0 Å². The van der Waals surface area contributed by atoms with Gasteiger partial charge in [0.15, 0.2) is 0 Å². The minimum absolute atomic E-state index is 0.141. The van der Waals surface area contributed by atoms with Crippen molar-refractivity contribution in [3.05, 3.63) is 0 Å². The molecule has 2 aliphatic carbocycles. The summed E-state index contributed by atoms with van der Waals surface area (Å²) in [6.45, 7) is 0.712. The van der Waals surface area contributed by atoms with Crippen LogP contribution in [0, 0.1) is 23.7 Å². The van der Waals surface area contributed by atoms with Gasteiger partial charge in [-0.3, -0.25) is 19.2 Å². The molecule has 0 radical (unpaired) electrons. The van der Waals surface area contributed by atoms with E-state index in [4.69, 9.17) is 9.47 Å². The van der Waals surface area contributed by atoms with Crippen LogP contribution in [0.1, 0.15) is 44.9 Å². The molecule has 25 heavy (non-hydrogen) atoms. The lowest BCUT2D eigenvalue weighted by molar-refractivity contribution is -0.158. The summed E-state index contributed by atoms with van der Waals surface area (Å²) in [5.41, 5.74) is 0. The number of hydrogen-bond acceptors (Lipinski definition) is 6. The van der Waals surface area contributed by atoms with Crippen LogP contribution in [0.2, 0.25) is 0 Å². The van der Waals surface area contributed by atoms with Crippen LogP contribution in [0.4, 0.5) is 0 Å². The fraction of sp³-hybridized carbons (Fsp3) is 0.765. The van der Waals surface area contributed by atoms with E-state index in [-0.39, 0.29) is 11.8 Å². The maximum atomic E-state index is 11.4. The van der Waals surface area contributed by atoms with Crippen LogP contribution in [0.3, 0.4) is 0 Å². The van der Waals surface area contributed by atoms with E-state index in [2.05, 4.69) is 0 Å². The van der Waals surface area contributed by atoms with Crippen molar-refractivity contribution in [2.45, 2.75) is 57.2 Å². The molecule has 2 fully saturated rings. The highest BCUT2D eigenvalue weighted by atomic mass is 16.6. The molecule has 0 aromatic rings. The van der Waals surface area contributed by atoms with E-state index in [1.165, 1.54) is 0 Å². The standard InChI is InChI=1S/C17H24O8/c18-8-24-14-4-2-11(7-15(14)25-9-19)5-10-1-3-12(16(20)21)13(6-10)17(22)23/h8-15H,1-7H2,(H,20,21)(H,22,23). The maximum absolute atomic E-state index is 11.4. The Kier molecular flexibility index (Phi) is 6.78. The summed E-state index contributed by atoms with van der Waals surface area (Å²) in [5, 5.41) is 18.5. The number of carboxylic acid groups (broad SMARTS) is 2. The Bertz CT molecular complexity index is 505. The second kappa shape index (κ2) is 8.82. The molecule has 0 bridgehead atoms. The molecule has 0 amide bonds. The molecule has 2 rings (SSSR count). The molecule has 0 saturated heterocycles. The second-order valence-corrected chi connectivity index (χ2v) is 7.02. The van der Waals surface area contributed by atoms with Gasteiger partial charge in [0.05, 0.1) is 11.8 Å². The van der Waals surface area contributed by atoms with Crippen LogP contribution in [0.15, 0.2) is 0 Å². The highest BCUT2D eigenvalue weighted by Gasteiger charge is 2.41. The first kappa shape index (κ1) is 19.2. The van der Waals surface area contributed by atoms with Crippen LogP contribution in [0.25, 0.3) is 0 Å². The van der Waals surface area contributed by atoms with Crippen LogP contribution < -0.4 is 0 Å². The van der Waals surface area contributed by atoms with E-state index in [9.17, 15) is 29.4 Å². The SMILES string of the molecule is O=COC1CCC(CC2CCC(C(=O)O)C(C(=O)O)C2)CC1OC=O. The van der Waals surface area contributed by atoms with Crippen LogP contribution in [-0.4, -0.2) is 47.3 Å². The lowest BCUT2D eigenvalue weighted by atomic mass is 9.69. The third-order valence-corrected chi connectivity index (χ3v) is 5.56. The van der Waals surface area contributed by atoms with E-state index >= 15 is 0 Å². The molecule has 0 aromatic heterocycles. The molecule has 2 saturated carbocycles. The van der Waals surface area contributed by atoms with Crippen molar-refractivity contribution in [3.8, 4) is 0 Å². The fourth-order valence-electron chi connectivity index (χ4n) is 4.35. The molecule has 6 unspecified atom stereocenters. The van der Waals surface area contributed by atoms with Crippen molar-refractivity contribution in [3.63, 3.8) is 0 Å². The largest absolute Gasteiger partial charge is 0.481 e. The third-order valence-electron chi connectivity index (χ3n) is 5.56. The van der Waals surface area contributed by atoms with E-state index in [1.807, 2.05) is 0 Å². The lowest BCUT2D eigenvalue weighted by Gasteiger charge is -2.37. The first-order valence-corrected chi connectivity index (χ1v) is 8.60. The van der Waals surface area contributed by atoms with Gasteiger partial charge in [0.2, 0.25) is 0 Å². The summed E-state index contributed by atoms with van der Waals surface area (Å²) < 4.78 is 10.0. The Morgan fingerprint density at radius 2 is 1.36 bits per heavy atom. The maximum Gasteiger partial charge on any atom is 0.307 e. The summed E-state index contributed by atoms with van der Waals surface area (Å²) >= 11 is 0. The Balaban J connectivity index is 1.93. The molecule has 0 spiro atoms. The van der Waals surface area contributed by atoms with Gasteiger partial charge >= 0.3 is 11.9 Å². The van der Waals surface area contributed by atoms with Crippen molar-refractivity contribution in [1.82, 2.24) is 0 Å². The highest BCUT2D eigenvalue weighted by molar-refractivity contribution is 5.80. The second-order valence-electron chi connectivity index (χ2n) is 7.02. The Morgan fingerprint density at radius 1 is 0.800 bits per heavy atom. The number of aliphatic carboxylic acids is 2. The van der Waals surface area contributed by atoms with Crippen molar-refractivity contribution in [2.24, 2.45) is 23.7 Å². The molecule has 8 nitrogen and oxygen atoms in total. The Labute approximate surface area is 145 Å². The highest BCUT2D eigenvalue weighted by Crippen LogP contribution is 2.40. The monoisotopic (exact) mass is 356 g/mol. The molecule has 0 aromatic carbocycles. The molecule has 6 atom stereocenters. The average molecular weight is 356 g/mol.